The fourth-order valence-electron chi connectivity index (χ4n) is 2.92. The summed E-state index contributed by atoms with van der Waals surface area (Å²) in [4.78, 5) is 2.30. The second-order valence-corrected chi connectivity index (χ2v) is 5.05. The molecule has 4 rings (SSSR count). The normalized spacial score (nSPS) is 23.3. The summed E-state index contributed by atoms with van der Waals surface area (Å²) in [6, 6.07) is 7.92. The minimum absolute atomic E-state index is 0.416. The number of fused-ring (bicyclic) bond motifs is 3. The number of oxime groups is 1. The molecular weight excluding hydrogens is 240 g/mol. The van der Waals surface area contributed by atoms with Crippen molar-refractivity contribution >= 4 is 11.8 Å². The first-order valence-electron chi connectivity index (χ1n) is 6.65. The SMILES string of the molecule is COc1ccc(/C=C2/C(=NO)C3CCN2CC3)cc1. The first-order valence-corrected chi connectivity index (χ1v) is 6.65. The van der Waals surface area contributed by atoms with E-state index in [9.17, 15) is 5.21 Å². The van der Waals surface area contributed by atoms with E-state index in [0.717, 1.165) is 48.7 Å². The van der Waals surface area contributed by atoms with Gasteiger partial charge in [-0.2, -0.15) is 0 Å². The van der Waals surface area contributed by atoms with Gasteiger partial charge >= 0.3 is 0 Å². The lowest BCUT2D eigenvalue weighted by molar-refractivity contribution is 0.229. The van der Waals surface area contributed by atoms with Gasteiger partial charge in [0.15, 0.2) is 0 Å². The van der Waals surface area contributed by atoms with Gasteiger partial charge in [0.25, 0.3) is 0 Å². The van der Waals surface area contributed by atoms with Crippen molar-refractivity contribution in [3.63, 3.8) is 0 Å². The molecule has 2 bridgehead atoms. The number of hydrogen-bond donors (Lipinski definition) is 1. The molecule has 1 aromatic rings. The molecule has 0 unspecified atom stereocenters. The monoisotopic (exact) mass is 258 g/mol. The highest BCUT2D eigenvalue weighted by Crippen LogP contribution is 2.33. The maximum absolute atomic E-state index is 9.24. The minimum atomic E-state index is 0.416. The van der Waals surface area contributed by atoms with Crippen LogP contribution >= 0.6 is 0 Å². The summed E-state index contributed by atoms with van der Waals surface area (Å²) < 4.78 is 5.16. The van der Waals surface area contributed by atoms with Crippen molar-refractivity contribution in [3.05, 3.63) is 35.5 Å². The Labute approximate surface area is 113 Å². The predicted molar refractivity (Wildman–Crippen MR) is 74.5 cm³/mol. The van der Waals surface area contributed by atoms with E-state index in [0.29, 0.717) is 5.92 Å². The highest BCUT2D eigenvalue weighted by atomic mass is 16.5. The quantitative estimate of drug-likeness (QED) is 0.655. The lowest BCUT2D eigenvalue weighted by Gasteiger charge is -2.42. The van der Waals surface area contributed by atoms with E-state index in [1.54, 1.807) is 7.11 Å². The minimum Gasteiger partial charge on any atom is -0.497 e. The Morgan fingerprint density at radius 2 is 1.95 bits per heavy atom. The van der Waals surface area contributed by atoms with Crippen molar-refractivity contribution in [2.45, 2.75) is 12.8 Å². The number of piperidine rings is 3. The Balaban J connectivity index is 1.92. The highest BCUT2D eigenvalue weighted by molar-refractivity contribution is 6.05. The Hall–Kier alpha value is -1.97. The standard InChI is InChI=1S/C15H18N2O2/c1-19-13-4-2-11(3-5-13)10-14-15(16-18)12-6-8-17(14)9-7-12/h2-5,10,12,18H,6-9H2,1H3/b14-10-,16-15?. The maximum atomic E-state index is 9.24. The van der Waals surface area contributed by atoms with E-state index in [2.05, 4.69) is 16.1 Å². The van der Waals surface area contributed by atoms with Crippen molar-refractivity contribution in [1.82, 2.24) is 4.90 Å². The molecule has 0 aromatic heterocycles. The van der Waals surface area contributed by atoms with Crippen molar-refractivity contribution in [2.24, 2.45) is 11.1 Å². The number of ether oxygens (including phenoxy) is 1. The number of rotatable bonds is 2. The third-order valence-corrected chi connectivity index (χ3v) is 4.01. The Bertz CT molecular complexity index is 511. The van der Waals surface area contributed by atoms with Crippen molar-refractivity contribution in [1.29, 1.82) is 0 Å². The van der Waals surface area contributed by atoms with E-state index in [1.165, 1.54) is 0 Å². The summed E-state index contributed by atoms with van der Waals surface area (Å²) in [6.07, 6.45) is 4.29. The van der Waals surface area contributed by atoms with Crippen LogP contribution < -0.4 is 4.74 Å². The molecule has 1 aromatic carbocycles. The Morgan fingerprint density at radius 1 is 1.26 bits per heavy atom. The predicted octanol–water partition coefficient (Wildman–Crippen LogP) is 2.59. The topological polar surface area (TPSA) is 45.1 Å². The molecule has 1 N–H and O–H groups in total. The summed E-state index contributed by atoms with van der Waals surface area (Å²) >= 11 is 0. The average molecular weight is 258 g/mol. The van der Waals surface area contributed by atoms with Crippen LogP contribution in [0.2, 0.25) is 0 Å². The van der Waals surface area contributed by atoms with Crippen LogP contribution in [0.5, 0.6) is 5.75 Å². The van der Waals surface area contributed by atoms with Crippen molar-refractivity contribution in [2.75, 3.05) is 20.2 Å². The molecule has 3 saturated heterocycles. The lowest BCUT2D eigenvalue weighted by atomic mass is 9.83. The van der Waals surface area contributed by atoms with Gasteiger partial charge in [0, 0.05) is 19.0 Å². The Kier molecular flexibility index (Phi) is 3.15. The largest absolute Gasteiger partial charge is 0.497 e. The van der Waals surface area contributed by atoms with Gasteiger partial charge in [-0.3, -0.25) is 0 Å². The van der Waals surface area contributed by atoms with E-state index in [1.807, 2.05) is 24.3 Å². The fraction of sp³-hybridized carbons (Fsp3) is 0.400. The molecule has 0 amide bonds. The molecule has 0 saturated carbocycles. The third kappa shape index (κ3) is 2.18. The van der Waals surface area contributed by atoms with Crippen LogP contribution in [0.4, 0.5) is 0 Å². The molecule has 3 aliphatic rings. The second kappa shape index (κ2) is 4.96. The Morgan fingerprint density at radius 3 is 2.53 bits per heavy atom. The van der Waals surface area contributed by atoms with Crippen molar-refractivity contribution < 1.29 is 9.94 Å². The average Bonchev–Trinajstić information content (AvgIpc) is 2.49. The van der Waals surface area contributed by atoms with E-state index < -0.39 is 0 Å². The lowest BCUT2D eigenvalue weighted by Crippen LogP contribution is -2.46. The maximum Gasteiger partial charge on any atom is 0.118 e. The molecule has 4 nitrogen and oxygen atoms in total. The fourth-order valence-corrected chi connectivity index (χ4v) is 2.92. The highest BCUT2D eigenvalue weighted by Gasteiger charge is 2.35. The molecule has 3 aliphatic heterocycles. The van der Waals surface area contributed by atoms with Crippen LogP contribution in [-0.4, -0.2) is 36.0 Å². The molecule has 3 fully saturated rings. The van der Waals surface area contributed by atoms with Gasteiger partial charge in [-0.05, 0) is 36.6 Å². The van der Waals surface area contributed by atoms with E-state index in [-0.39, 0.29) is 0 Å². The van der Waals surface area contributed by atoms with Gasteiger partial charge < -0.3 is 14.8 Å². The van der Waals surface area contributed by atoms with Crippen molar-refractivity contribution in [3.8, 4) is 5.75 Å². The van der Waals surface area contributed by atoms with Crippen LogP contribution in [0, 0.1) is 5.92 Å². The van der Waals surface area contributed by atoms with E-state index >= 15 is 0 Å². The summed E-state index contributed by atoms with van der Waals surface area (Å²) in [5, 5.41) is 12.8. The zero-order chi connectivity index (χ0) is 13.2. The van der Waals surface area contributed by atoms with Gasteiger partial charge in [0.05, 0.1) is 12.8 Å². The first kappa shape index (κ1) is 12.1. The van der Waals surface area contributed by atoms with E-state index in [4.69, 9.17) is 4.74 Å². The van der Waals surface area contributed by atoms with Crippen LogP contribution in [0.25, 0.3) is 6.08 Å². The zero-order valence-corrected chi connectivity index (χ0v) is 11.0. The zero-order valence-electron chi connectivity index (χ0n) is 11.0. The van der Waals surface area contributed by atoms with Gasteiger partial charge in [0.2, 0.25) is 0 Å². The summed E-state index contributed by atoms with van der Waals surface area (Å²) in [7, 11) is 1.66. The number of benzene rings is 1. The first-order chi connectivity index (χ1) is 9.31. The number of nitrogens with zero attached hydrogens (tertiary/aromatic N) is 2. The molecule has 19 heavy (non-hydrogen) atoms. The molecular formula is C15H18N2O2. The molecule has 0 spiro atoms. The number of allylic oxidation sites excluding steroid dienone is 1. The van der Waals surface area contributed by atoms with Gasteiger partial charge in [-0.15, -0.1) is 0 Å². The molecule has 0 aliphatic carbocycles. The summed E-state index contributed by atoms with van der Waals surface area (Å²) in [5.41, 5.74) is 3.01. The second-order valence-electron chi connectivity index (χ2n) is 5.05. The number of methoxy groups -OCH3 is 1. The molecule has 100 valence electrons. The van der Waals surface area contributed by atoms with Gasteiger partial charge in [-0.25, -0.2) is 0 Å². The summed E-state index contributed by atoms with van der Waals surface area (Å²) in [6.45, 7) is 2.12. The van der Waals surface area contributed by atoms with Crippen LogP contribution in [0.3, 0.4) is 0 Å². The summed E-state index contributed by atoms with van der Waals surface area (Å²) in [5.74, 6) is 1.27. The van der Waals surface area contributed by atoms with Gasteiger partial charge in [-0.1, -0.05) is 17.3 Å². The van der Waals surface area contributed by atoms with Crippen LogP contribution in [0.15, 0.2) is 35.1 Å². The van der Waals surface area contributed by atoms with Gasteiger partial charge in [0.1, 0.15) is 11.5 Å². The third-order valence-electron chi connectivity index (χ3n) is 4.01. The number of hydrogen-bond acceptors (Lipinski definition) is 4. The van der Waals surface area contributed by atoms with Crippen LogP contribution in [0.1, 0.15) is 18.4 Å². The van der Waals surface area contributed by atoms with Crippen LogP contribution in [-0.2, 0) is 0 Å². The molecule has 4 heteroatoms. The molecule has 3 heterocycles. The molecule has 0 atom stereocenters. The molecule has 0 radical (unpaired) electrons. The smallest absolute Gasteiger partial charge is 0.118 e.